The van der Waals surface area contributed by atoms with Gasteiger partial charge in [0.2, 0.25) is 10.0 Å². The van der Waals surface area contributed by atoms with Gasteiger partial charge >= 0.3 is 0 Å². The van der Waals surface area contributed by atoms with Crippen LogP contribution in [0.5, 0.6) is 0 Å². The maximum atomic E-state index is 12.5. The maximum absolute atomic E-state index is 12.5. The first-order valence-corrected chi connectivity index (χ1v) is 8.58. The average molecular weight is 358 g/mol. The number of halogens is 1. The summed E-state index contributed by atoms with van der Waals surface area (Å²) in [6, 6.07) is 8.65. The first-order valence-electron chi connectivity index (χ1n) is 6.34. The van der Waals surface area contributed by atoms with Crippen LogP contribution in [0, 0.1) is 11.3 Å². The lowest BCUT2D eigenvalue weighted by Gasteiger charge is -2.35. The van der Waals surface area contributed by atoms with E-state index in [4.69, 9.17) is 5.26 Å². The summed E-state index contributed by atoms with van der Waals surface area (Å²) in [5.41, 5.74) is 0. The van der Waals surface area contributed by atoms with E-state index in [-0.39, 0.29) is 6.04 Å². The van der Waals surface area contributed by atoms with Crippen LogP contribution in [-0.2, 0) is 10.0 Å². The summed E-state index contributed by atoms with van der Waals surface area (Å²) >= 11 is 3.29. The van der Waals surface area contributed by atoms with E-state index in [1.165, 1.54) is 4.31 Å². The molecule has 0 bridgehead atoms. The normalized spacial score (nSPS) is 19.4. The minimum Gasteiger partial charge on any atom is -0.286 e. The van der Waals surface area contributed by atoms with E-state index in [2.05, 4.69) is 22.0 Å². The molecule has 1 aromatic rings. The van der Waals surface area contributed by atoms with Crippen LogP contribution >= 0.6 is 15.9 Å². The molecule has 0 amide bonds. The zero-order chi connectivity index (χ0) is 14.8. The van der Waals surface area contributed by atoms with Gasteiger partial charge in [-0.2, -0.15) is 9.57 Å². The summed E-state index contributed by atoms with van der Waals surface area (Å²) in [6.45, 7) is 3.85. The summed E-state index contributed by atoms with van der Waals surface area (Å²) in [5, 5.41) is 8.89. The van der Waals surface area contributed by atoms with Crippen LogP contribution in [-0.4, -0.2) is 49.8 Å². The molecule has 108 valence electrons. The Morgan fingerprint density at radius 3 is 2.25 bits per heavy atom. The van der Waals surface area contributed by atoms with Crippen LogP contribution in [0.4, 0.5) is 0 Å². The molecule has 20 heavy (non-hydrogen) atoms. The standard InChI is InChI=1S/C13H16BrN3O2S/c1-11(10-15)16-6-8-17(9-7-16)20(18,19)13-4-2-12(14)3-5-13/h2-5,11H,6-9H2,1H3/t11-/m1/s1. The van der Waals surface area contributed by atoms with Crippen LogP contribution in [0.25, 0.3) is 0 Å². The molecule has 1 atom stereocenters. The molecule has 5 nitrogen and oxygen atoms in total. The molecule has 1 aromatic carbocycles. The van der Waals surface area contributed by atoms with E-state index in [1.54, 1.807) is 24.3 Å². The highest BCUT2D eigenvalue weighted by Gasteiger charge is 2.29. The van der Waals surface area contributed by atoms with Crippen molar-refractivity contribution in [3.05, 3.63) is 28.7 Å². The van der Waals surface area contributed by atoms with Gasteiger partial charge in [0.15, 0.2) is 0 Å². The molecule has 1 heterocycles. The first kappa shape index (κ1) is 15.4. The van der Waals surface area contributed by atoms with Gasteiger partial charge in [-0.05, 0) is 31.2 Å². The van der Waals surface area contributed by atoms with Gasteiger partial charge in [0, 0.05) is 30.7 Å². The second-order valence-corrected chi connectivity index (χ2v) is 7.55. The lowest BCUT2D eigenvalue weighted by molar-refractivity contribution is 0.169. The first-order chi connectivity index (χ1) is 9.45. The lowest BCUT2D eigenvalue weighted by atomic mass is 10.2. The minimum absolute atomic E-state index is 0.174. The fourth-order valence-electron chi connectivity index (χ4n) is 2.17. The Bertz CT molecular complexity index is 601. The zero-order valence-electron chi connectivity index (χ0n) is 11.2. The molecule has 1 aliphatic rings. The molecule has 0 spiro atoms. The van der Waals surface area contributed by atoms with E-state index in [0.29, 0.717) is 31.1 Å². The van der Waals surface area contributed by atoms with Gasteiger partial charge in [0.25, 0.3) is 0 Å². The monoisotopic (exact) mass is 357 g/mol. The Balaban J connectivity index is 2.10. The van der Waals surface area contributed by atoms with Crippen molar-refractivity contribution in [3.8, 4) is 6.07 Å². The molecular formula is C13H16BrN3O2S. The summed E-state index contributed by atoms with van der Waals surface area (Å²) in [4.78, 5) is 2.30. The number of rotatable bonds is 3. The molecule has 0 radical (unpaired) electrons. The highest BCUT2D eigenvalue weighted by molar-refractivity contribution is 9.10. The van der Waals surface area contributed by atoms with Crippen LogP contribution in [0.15, 0.2) is 33.6 Å². The molecule has 1 aliphatic heterocycles. The molecule has 0 aromatic heterocycles. The Labute approximate surface area is 128 Å². The van der Waals surface area contributed by atoms with Crippen LogP contribution in [0.2, 0.25) is 0 Å². The molecule has 7 heteroatoms. The van der Waals surface area contributed by atoms with Gasteiger partial charge < -0.3 is 0 Å². The molecule has 1 fully saturated rings. The predicted octanol–water partition coefficient (Wildman–Crippen LogP) is 1.67. The Morgan fingerprint density at radius 1 is 1.20 bits per heavy atom. The minimum atomic E-state index is -3.43. The van der Waals surface area contributed by atoms with Crippen LogP contribution < -0.4 is 0 Å². The average Bonchev–Trinajstić information content (AvgIpc) is 2.47. The van der Waals surface area contributed by atoms with Crippen molar-refractivity contribution in [2.75, 3.05) is 26.2 Å². The fourth-order valence-corrected chi connectivity index (χ4v) is 3.86. The summed E-state index contributed by atoms with van der Waals surface area (Å²) in [7, 11) is -3.43. The van der Waals surface area contributed by atoms with E-state index in [9.17, 15) is 8.42 Å². The van der Waals surface area contributed by atoms with Crippen LogP contribution in [0.3, 0.4) is 0 Å². The van der Waals surface area contributed by atoms with Gasteiger partial charge in [-0.3, -0.25) is 4.90 Å². The summed E-state index contributed by atoms with van der Waals surface area (Å²) in [5.74, 6) is 0. The molecule has 0 unspecified atom stereocenters. The Hall–Kier alpha value is -0.940. The molecular weight excluding hydrogens is 342 g/mol. The zero-order valence-corrected chi connectivity index (χ0v) is 13.6. The van der Waals surface area contributed by atoms with Gasteiger partial charge in [0.05, 0.1) is 17.0 Å². The van der Waals surface area contributed by atoms with E-state index in [1.807, 2.05) is 11.8 Å². The Morgan fingerprint density at radius 2 is 1.75 bits per heavy atom. The third-order valence-corrected chi connectivity index (χ3v) is 5.90. The number of benzene rings is 1. The van der Waals surface area contributed by atoms with E-state index >= 15 is 0 Å². The number of hydrogen-bond donors (Lipinski definition) is 0. The highest BCUT2D eigenvalue weighted by Crippen LogP contribution is 2.20. The van der Waals surface area contributed by atoms with Gasteiger partial charge in [-0.1, -0.05) is 15.9 Å². The molecule has 1 saturated heterocycles. The molecule has 0 aliphatic carbocycles. The van der Waals surface area contributed by atoms with Crippen LogP contribution in [0.1, 0.15) is 6.92 Å². The van der Waals surface area contributed by atoms with Crippen molar-refractivity contribution in [1.29, 1.82) is 5.26 Å². The summed E-state index contributed by atoms with van der Waals surface area (Å²) < 4.78 is 27.3. The van der Waals surface area contributed by atoms with Crippen molar-refractivity contribution in [3.63, 3.8) is 0 Å². The molecule has 0 N–H and O–H groups in total. The number of sulfonamides is 1. The van der Waals surface area contributed by atoms with Gasteiger partial charge in [-0.25, -0.2) is 8.42 Å². The van der Waals surface area contributed by atoms with E-state index < -0.39 is 10.0 Å². The van der Waals surface area contributed by atoms with Crippen molar-refractivity contribution in [1.82, 2.24) is 9.21 Å². The summed E-state index contributed by atoms with van der Waals surface area (Å²) in [6.07, 6.45) is 0. The second kappa shape index (κ2) is 6.22. The highest BCUT2D eigenvalue weighted by atomic mass is 79.9. The molecule has 2 rings (SSSR count). The fraction of sp³-hybridized carbons (Fsp3) is 0.462. The smallest absolute Gasteiger partial charge is 0.243 e. The Kier molecular flexibility index (Phi) is 4.81. The number of hydrogen-bond acceptors (Lipinski definition) is 4. The number of nitrogens with zero attached hydrogens (tertiary/aromatic N) is 3. The third kappa shape index (κ3) is 3.20. The van der Waals surface area contributed by atoms with Crippen molar-refractivity contribution in [2.45, 2.75) is 17.9 Å². The third-order valence-electron chi connectivity index (χ3n) is 3.46. The second-order valence-electron chi connectivity index (χ2n) is 4.70. The SMILES string of the molecule is C[C@H](C#N)N1CCN(S(=O)(=O)c2ccc(Br)cc2)CC1. The van der Waals surface area contributed by atoms with Crippen molar-refractivity contribution >= 4 is 26.0 Å². The topological polar surface area (TPSA) is 64.4 Å². The van der Waals surface area contributed by atoms with E-state index in [0.717, 1.165) is 4.47 Å². The number of nitriles is 1. The van der Waals surface area contributed by atoms with Gasteiger partial charge in [-0.15, -0.1) is 0 Å². The quantitative estimate of drug-likeness (QED) is 0.825. The predicted molar refractivity (Wildman–Crippen MR) is 79.5 cm³/mol. The van der Waals surface area contributed by atoms with Crippen molar-refractivity contribution in [2.24, 2.45) is 0 Å². The number of piperazine rings is 1. The maximum Gasteiger partial charge on any atom is 0.243 e. The largest absolute Gasteiger partial charge is 0.286 e. The van der Waals surface area contributed by atoms with Gasteiger partial charge in [0.1, 0.15) is 0 Å². The molecule has 0 saturated carbocycles. The lowest BCUT2D eigenvalue weighted by Crippen LogP contribution is -2.50. The van der Waals surface area contributed by atoms with Crippen molar-refractivity contribution < 1.29 is 8.42 Å².